The molecule has 0 spiro atoms. The Bertz CT molecular complexity index is 612. The fourth-order valence-corrected chi connectivity index (χ4v) is 1.50. The number of hydrazone groups is 1. The Morgan fingerprint density at radius 1 is 1.21 bits per heavy atom. The monoisotopic (exact) mass is 258 g/mol. The maximum absolute atomic E-state index is 11.8. The van der Waals surface area contributed by atoms with Crippen LogP contribution in [0.5, 0.6) is 5.75 Å². The number of rotatable bonds is 3. The Kier molecular flexibility index (Phi) is 3.66. The van der Waals surface area contributed by atoms with Gasteiger partial charge in [-0.2, -0.15) is 5.10 Å². The summed E-state index contributed by atoms with van der Waals surface area (Å²) in [6.07, 6.45) is 0. The van der Waals surface area contributed by atoms with E-state index in [2.05, 4.69) is 10.5 Å². The zero-order chi connectivity index (χ0) is 13.8. The van der Waals surface area contributed by atoms with E-state index in [-0.39, 0.29) is 11.7 Å². The van der Waals surface area contributed by atoms with E-state index in [4.69, 9.17) is 9.52 Å². The van der Waals surface area contributed by atoms with Crippen LogP contribution in [0.25, 0.3) is 0 Å². The fourth-order valence-electron chi connectivity index (χ4n) is 1.50. The van der Waals surface area contributed by atoms with Gasteiger partial charge in [-0.3, -0.25) is 4.79 Å². The van der Waals surface area contributed by atoms with Gasteiger partial charge in [0.1, 0.15) is 23.0 Å². The number of nitrogens with zero attached hydrogens (tertiary/aromatic N) is 1. The van der Waals surface area contributed by atoms with E-state index < -0.39 is 0 Å². The molecule has 0 bridgehead atoms. The molecule has 0 radical (unpaired) electrons. The number of aryl methyl sites for hydroxylation is 1. The molecule has 1 aromatic carbocycles. The lowest BCUT2D eigenvalue weighted by atomic mass is 10.2. The third kappa shape index (κ3) is 3.22. The highest BCUT2D eigenvalue weighted by atomic mass is 16.3. The van der Waals surface area contributed by atoms with Crippen molar-refractivity contribution in [2.75, 3.05) is 0 Å². The van der Waals surface area contributed by atoms with Crippen LogP contribution in [0.15, 0.2) is 45.9 Å². The molecule has 0 aliphatic carbocycles. The van der Waals surface area contributed by atoms with Gasteiger partial charge in [-0.1, -0.05) is 0 Å². The molecule has 2 rings (SSSR count). The summed E-state index contributed by atoms with van der Waals surface area (Å²) in [5.41, 5.74) is 3.44. The molecule has 2 N–H and O–H groups in total. The number of benzene rings is 1. The molecule has 1 amide bonds. The fraction of sp³-hybridized carbons (Fsp3) is 0.143. The first-order valence-corrected chi connectivity index (χ1v) is 5.77. The number of phenolic OH excluding ortho intramolecular Hbond substituents is 1. The van der Waals surface area contributed by atoms with E-state index in [9.17, 15) is 4.79 Å². The van der Waals surface area contributed by atoms with Crippen LogP contribution in [-0.2, 0) is 0 Å². The maximum atomic E-state index is 11.8. The van der Waals surface area contributed by atoms with E-state index in [0.29, 0.717) is 17.0 Å². The lowest BCUT2D eigenvalue weighted by Crippen LogP contribution is -2.19. The molecule has 2 aromatic rings. The summed E-state index contributed by atoms with van der Waals surface area (Å²) in [7, 11) is 0. The van der Waals surface area contributed by atoms with Crippen molar-refractivity contribution in [3.8, 4) is 5.75 Å². The summed E-state index contributed by atoms with van der Waals surface area (Å²) < 4.78 is 5.38. The topological polar surface area (TPSA) is 74.8 Å². The predicted octanol–water partition coefficient (Wildman–Crippen LogP) is 2.45. The summed E-state index contributed by atoms with van der Waals surface area (Å²) in [6, 6.07) is 9.55. The minimum Gasteiger partial charge on any atom is -0.508 e. The van der Waals surface area contributed by atoms with Gasteiger partial charge in [0, 0.05) is 5.56 Å². The highest BCUT2D eigenvalue weighted by molar-refractivity contribution is 5.99. The summed E-state index contributed by atoms with van der Waals surface area (Å²) in [4.78, 5) is 11.8. The second-order valence-corrected chi connectivity index (χ2v) is 4.10. The van der Waals surface area contributed by atoms with Crippen molar-refractivity contribution in [2.24, 2.45) is 5.10 Å². The van der Waals surface area contributed by atoms with Crippen LogP contribution >= 0.6 is 0 Å². The van der Waals surface area contributed by atoms with Gasteiger partial charge >= 0.3 is 0 Å². The average molecular weight is 258 g/mol. The Morgan fingerprint density at radius 3 is 2.47 bits per heavy atom. The molecular weight excluding hydrogens is 244 g/mol. The van der Waals surface area contributed by atoms with Crippen molar-refractivity contribution in [2.45, 2.75) is 13.8 Å². The molecule has 5 heteroatoms. The van der Waals surface area contributed by atoms with Crippen LogP contribution in [-0.4, -0.2) is 16.7 Å². The average Bonchev–Trinajstić information content (AvgIpc) is 2.83. The standard InChI is InChI=1S/C14H14N2O3/c1-9-3-8-13(19-9)10(2)15-16-14(18)11-4-6-12(17)7-5-11/h3-8,17H,1-2H3,(H,16,18)/b15-10-. The number of furan rings is 1. The molecule has 0 unspecified atom stereocenters. The summed E-state index contributed by atoms with van der Waals surface area (Å²) >= 11 is 0. The molecule has 0 saturated heterocycles. The lowest BCUT2D eigenvalue weighted by molar-refractivity contribution is 0.0955. The molecule has 0 fully saturated rings. The van der Waals surface area contributed by atoms with Gasteiger partial charge in [0.25, 0.3) is 5.91 Å². The van der Waals surface area contributed by atoms with Gasteiger partial charge in [0.2, 0.25) is 0 Å². The van der Waals surface area contributed by atoms with Gasteiger partial charge in [-0.25, -0.2) is 5.43 Å². The molecule has 19 heavy (non-hydrogen) atoms. The van der Waals surface area contributed by atoms with Gasteiger partial charge < -0.3 is 9.52 Å². The van der Waals surface area contributed by atoms with Gasteiger partial charge in [-0.15, -0.1) is 0 Å². The first-order chi connectivity index (χ1) is 9.06. The molecule has 1 aromatic heterocycles. The van der Waals surface area contributed by atoms with Crippen LogP contribution in [0.2, 0.25) is 0 Å². The normalized spacial score (nSPS) is 11.4. The smallest absolute Gasteiger partial charge is 0.271 e. The molecule has 0 aliphatic heterocycles. The van der Waals surface area contributed by atoms with Crippen LogP contribution in [0.3, 0.4) is 0 Å². The minimum absolute atomic E-state index is 0.113. The van der Waals surface area contributed by atoms with Crippen molar-refractivity contribution >= 4 is 11.6 Å². The molecule has 1 heterocycles. The summed E-state index contributed by atoms with van der Waals surface area (Å²) in [5, 5.41) is 13.1. The Balaban J connectivity index is 2.05. The first-order valence-electron chi connectivity index (χ1n) is 5.77. The third-order valence-corrected chi connectivity index (χ3v) is 2.55. The third-order valence-electron chi connectivity index (χ3n) is 2.55. The Morgan fingerprint density at radius 2 is 1.89 bits per heavy atom. The lowest BCUT2D eigenvalue weighted by Gasteiger charge is -2.01. The number of amides is 1. The van der Waals surface area contributed by atoms with Crippen molar-refractivity contribution in [3.63, 3.8) is 0 Å². The highest BCUT2D eigenvalue weighted by Crippen LogP contribution is 2.10. The second kappa shape index (κ2) is 5.39. The van der Waals surface area contributed by atoms with Crippen LogP contribution in [0.4, 0.5) is 0 Å². The first kappa shape index (κ1) is 12.9. The van der Waals surface area contributed by atoms with E-state index in [1.165, 1.54) is 24.3 Å². The number of phenols is 1. The number of carbonyl (C=O) groups is 1. The van der Waals surface area contributed by atoms with Crippen LogP contribution in [0.1, 0.15) is 28.8 Å². The number of aromatic hydroxyl groups is 1. The van der Waals surface area contributed by atoms with Crippen LogP contribution in [0, 0.1) is 6.92 Å². The number of hydrogen-bond donors (Lipinski definition) is 2. The highest BCUT2D eigenvalue weighted by Gasteiger charge is 2.06. The quantitative estimate of drug-likeness (QED) is 0.656. The number of hydrogen-bond acceptors (Lipinski definition) is 4. The van der Waals surface area contributed by atoms with E-state index in [1.54, 1.807) is 13.0 Å². The molecule has 0 atom stereocenters. The van der Waals surface area contributed by atoms with E-state index in [1.807, 2.05) is 13.0 Å². The van der Waals surface area contributed by atoms with Crippen molar-refractivity contribution in [1.82, 2.24) is 5.43 Å². The number of nitrogens with one attached hydrogen (secondary N) is 1. The SMILES string of the molecule is C/C(=N/NC(=O)c1ccc(O)cc1)c1ccc(C)o1. The van der Waals surface area contributed by atoms with Crippen LogP contribution < -0.4 is 5.43 Å². The van der Waals surface area contributed by atoms with Gasteiger partial charge in [0.15, 0.2) is 0 Å². The zero-order valence-electron chi connectivity index (χ0n) is 10.7. The summed E-state index contributed by atoms with van der Waals surface area (Å²) in [5.74, 6) is 1.17. The minimum atomic E-state index is -0.345. The van der Waals surface area contributed by atoms with Crippen molar-refractivity contribution in [3.05, 3.63) is 53.5 Å². The molecule has 5 nitrogen and oxygen atoms in total. The van der Waals surface area contributed by atoms with Crippen molar-refractivity contribution < 1.29 is 14.3 Å². The largest absolute Gasteiger partial charge is 0.508 e. The Hall–Kier alpha value is -2.56. The van der Waals surface area contributed by atoms with E-state index >= 15 is 0 Å². The number of carbonyl (C=O) groups excluding carboxylic acids is 1. The van der Waals surface area contributed by atoms with Crippen molar-refractivity contribution in [1.29, 1.82) is 0 Å². The predicted molar refractivity (Wildman–Crippen MR) is 71.2 cm³/mol. The molecular formula is C14H14N2O3. The maximum Gasteiger partial charge on any atom is 0.271 e. The molecule has 98 valence electrons. The second-order valence-electron chi connectivity index (χ2n) is 4.10. The summed E-state index contributed by atoms with van der Waals surface area (Å²) in [6.45, 7) is 3.58. The Labute approximate surface area is 110 Å². The zero-order valence-corrected chi connectivity index (χ0v) is 10.7. The van der Waals surface area contributed by atoms with E-state index in [0.717, 1.165) is 5.76 Å². The van der Waals surface area contributed by atoms with Gasteiger partial charge in [0.05, 0.1) is 0 Å². The molecule has 0 saturated carbocycles. The molecule has 0 aliphatic rings. The van der Waals surface area contributed by atoms with Gasteiger partial charge in [-0.05, 0) is 50.2 Å².